The smallest absolute Gasteiger partial charge is 0.310 e. The number of ether oxygens (including phenoxy) is 2. The first kappa shape index (κ1) is 23.1. The number of carbonyl (C=O) groups is 2. The molecule has 3 aromatic carbocycles. The predicted octanol–water partition coefficient (Wildman–Crippen LogP) is 5.57. The number of anilines is 3. The Hall–Kier alpha value is -4.33. The summed E-state index contributed by atoms with van der Waals surface area (Å²) in [6.07, 6.45) is 1.62. The van der Waals surface area contributed by atoms with Crippen LogP contribution in [0, 0.1) is 5.92 Å². The number of aromatic nitrogens is 1. The zero-order valence-electron chi connectivity index (χ0n) is 20.7. The lowest BCUT2D eigenvalue weighted by Gasteiger charge is -2.34. The Morgan fingerprint density at radius 2 is 2.00 bits per heavy atom. The first-order chi connectivity index (χ1) is 18.1. The second kappa shape index (κ2) is 9.28. The van der Waals surface area contributed by atoms with Gasteiger partial charge in [-0.3, -0.25) is 9.59 Å². The molecule has 1 saturated heterocycles. The second-order valence-corrected chi connectivity index (χ2v) is 9.32. The van der Waals surface area contributed by atoms with E-state index in [9.17, 15) is 9.59 Å². The first-order valence-corrected chi connectivity index (χ1v) is 12.5. The summed E-state index contributed by atoms with van der Waals surface area (Å²) in [6, 6.07) is 16.9. The highest BCUT2D eigenvalue weighted by atomic mass is 16.5. The Labute approximate surface area is 214 Å². The molecule has 1 atom stereocenters. The van der Waals surface area contributed by atoms with Crippen molar-refractivity contribution in [3.05, 3.63) is 65.7 Å². The van der Waals surface area contributed by atoms with Crippen LogP contribution in [-0.4, -0.2) is 43.7 Å². The van der Waals surface area contributed by atoms with Gasteiger partial charge < -0.3 is 24.2 Å². The van der Waals surface area contributed by atoms with Crippen molar-refractivity contribution in [2.75, 3.05) is 37.0 Å². The van der Waals surface area contributed by atoms with Crippen molar-refractivity contribution < 1.29 is 23.6 Å². The fourth-order valence-electron chi connectivity index (χ4n) is 5.39. The van der Waals surface area contributed by atoms with E-state index in [2.05, 4.69) is 15.4 Å². The molecule has 1 aliphatic carbocycles. The summed E-state index contributed by atoms with van der Waals surface area (Å²) >= 11 is 0. The number of rotatable bonds is 6. The molecule has 1 fully saturated rings. The van der Waals surface area contributed by atoms with Gasteiger partial charge in [0.15, 0.2) is 11.5 Å². The van der Waals surface area contributed by atoms with E-state index in [0.29, 0.717) is 52.4 Å². The van der Waals surface area contributed by atoms with Gasteiger partial charge in [-0.25, -0.2) is 0 Å². The molecule has 2 aliphatic rings. The molecule has 37 heavy (non-hydrogen) atoms. The number of benzene rings is 3. The summed E-state index contributed by atoms with van der Waals surface area (Å²) in [6.45, 7) is 3.45. The average Bonchev–Trinajstić information content (AvgIpc) is 3.37. The number of ketones is 1. The average molecular weight is 498 g/mol. The van der Waals surface area contributed by atoms with Gasteiger partial charge >= 0.3 is 5.97 Å². The van der Waals surface area contributed by atoms with Crippen LogP contribution >= 0.6 is 0 Å². The van der Waals surface area contributed by atoms with Gasteiger partial charge in [0.25, 0.3) is 0 Å². The molecule has 1 aromatic heterocycles. The summed E-state index contributed by atoms with van der Waals surface area (Å²) in [5, 5.41) is 8.58. The number of hydrogen-bond donors (Lipinski definition) is 1. The number of hydrogen-bond acceptors (Lipinski definition) is 8. The Morgan fingerprint density at radius 1 is 1.16 bits per heavy atom. The van der Waals surface area contributed by atoms with Crippen molar-refractivity contribution in [2.45, 2.75) is 19.8 Å². The minimum atomic E-state index is -0.222. The van der Waals surface area contributed by atoms with Gasteiger partial charge in [0.05, 0.1) is 42.0 Å². The summed E-state index contributed by atoms with van der Waals surface area (Å²) < 4.78 is 16.6. The van der Waals surface area contributed by atoms with Crippen molar-refractivity contribution in [2.24, 2.45) is 5.92 Å². The van der Waals surface area contributed by atoms with Gasteiger partial charge in [0.2, 0.25) is 0 Å². The van der Waals surface area contributed by atoms with E-state index in [1.807, 2.05) is 61.5 Å². The highest BCUT2D eigenvalue weighted by molar-refractivity contribution is 6.28. The number of nitrogens with zero attached hydrogens (tertiary/aromatic N) is 2. The molecule has 8 heteroatoms. The minimum Gasteiger partial charge on any atom is -0.497 e. The van der Waals surface area contributed by atoms with E-state index in [-0.39, 0.29) is 17.7 Å². The van der Waals surface area contributed by atoms with Gasteiger partial charge in [-0.1, -0.05) is 35.5 Å². The third-order valence-electron chi connectivity index (χ3n) is 7.11. The molecule has 2 heterocycles. The standard InChI is InChI=1S/C29H27N3O5/c1-3-36-29(34)17-8-7-13-32(16-17)23-15-22(30-18-9-6-10-19(14-18)35-2)24-25-26(23)31-37-28(25)21-12-5-4-11-20(21)27(24)33/h4-6,9-12,14-15,17,30H,3,7-8,13,16H2,1-2H3/t17-/m0/s1. The van der Waals surface area contributed by atoms with E-state index in [1.165, 1.54) is 0 Å². The number of nitrogens with one attached hydrogen (secondary N) is 1. The molecule has 0 saturated carbocycles. The quantitative estimate of drug-likeness (QED) is 0.304. The highest BCUT2D eigenvalue weighted by Crippen LogP contribution is 2.47. The van der Waals surface area contributed by atoms with Gasteiger partial charge in [0.1, 0.15) is 11.3 Å². The Kier molecular flexibility index (Phi) is 5.79. The fraction of sp³-hybridized carbons (Fsp3) is 0.276. The SMILES string of the molecule is CCOC(=O)[C@H]1CCCN(c2cc(Nc3cccc(OC)c3)c3c4c(onc24)-c2ccccc2C3=O)C1. The molecule has 188 valence electrons. The maximum absolute atomic E-state index is 13.8. The molecule has 0 radical (unpaired) electrons. The van der Waals surface area contributed by atoms with Crippen LogP contribution in [-0.2, 0) is 9.53 Å². The van der Waals surface area contributed by atoms with Crippen LogP contribution in [0.15, 0.2) is 59.1 Å². The van der Waals surface area contributed by atoms with Gasteiger partial charge in [0, 0.05) is 36.0 Å². The molecule has 8 nitrogen and oxygen atoms in total. The zero-order chi connectivity index (χ0) is 25.5. The summed E-state index contributed by atoms with van der Waals surface area (Å²) in [4.78, 5) is 28.5. The van der Waals surface area contributed by atoms with E-state index in [1.54, 1.807) is 7.11 Å². The molecular formula is C29H27N3O5. The first-order valence-electron chi connectivity index (χ1n) is 12.5. The van der Waals surface area contributed by atoms with Crippen molar-refractivity contribution in [3.8, 4) is 17.1 Å². The van der Waals surface area contributed by atoms with E-state index in [4.69, 9.17) is 14.0 Å². The fourth-order valence-corrected chi connectivity index (χ4v) is 5.39. The van der Waals surface area contributed by atoms with E-state index in [0.717, 1.165) is 36.3 Å². The third-order valence-corrected chi connectivity index (χ3v) is 7.11. The lowest BCUT2D eigenvalue weighted by molar-refractivity contribution is -0.148. The molecule has 6 rings (SSSR count). The molecule has 0 spiro atoms. The van der Waals surface area contributed by atoms with Crippen LogP contribution in [0.5, 0.6) is 5.75 Å². The van der Waals surface area contributed by atoms with Gasteiger partial charge in [-0.15, -0.1) is 0 Å². The van der Waals surface area contributed by atoms with Crippen LogP contribution in [0.25, 0.3) is 22.2 Å². The lowest BCUT2D eigenvalue weighted by Crippen LogP contribution is -2.39. The van der Waals surface area contributed by atoms with Crippen LogP contribution in [0.4, 0.5) is 17.1 Å². The summed E-state index contributed by atoms with van der Waals surface area (Å²) in [5.74, 6) is 0.794. The van der Waals surface area contributed by atoms with Crippen LogP contribution in [0.1, 0.15) is 35.7 Å². The molecule has 4 aromatic rings. The number of fused-ring (bicyclic) bond motifs is 2. The topological polar surface area (TPSA) is 93.9 Å². The largest absolute Gasteiger partial charge is 0.497 e. The monoisotopic (exact) mass is 497 g/mol. The molecule has 1 N–H and O–H groups in total. The third kappa shape index (κ3) is 3.89. The minimum absolute atomic E-state index is 0.0868. The summed E-state index contributed by atoms with van der Waals surface area (Å²) in [7, 11) is 1.62. The lowest BCUT2D eigenvalue weighted by atomic mass is 9.86. The highest BCUT2D eigenvalue weighted by Gasteiger charge is 2.35. The van der Waals surface area contributed by atoms with E-state index < -0.39 is 0 Å². The maximum Gasteiger partial charge on any atom is 0.310 e. The maximum atomic E-state index is 13.8. The molecular weight excluding hydrogens is 470 g/mol. The Balaban J connectivity index is 1.52. The van der Waals surface area contributed by atoms with Gasteiger partial charge in [-0.2, -0.15) is 0 Å². The van der Waals surface area contributed by atoms with Crippen molar-refractivity contribution in [1.82, 2.24) is 5.16 Å². The number of carbonyl (C=O) groups excluding carboxylic acids is 2. The number of methoxy groups -OCH3 is 1. The number of piperidine rings is 1. The van der Waals surface area contributed by atoms with Crippen molar-refractivity contribution in [1.29, 1.82) is 0 Å². The van der Waals surface area contributed by atoms with Crippen LogP contribution in [0.2, 0.25) is 0 Å². The molecule has 0 bridgehead atoms. The molecule has 1 aliphatic heterocycles. The Morgan fingerprint density at radius 3 is 2.81 bits per heavy atom. The Bertz CT molecular complexity index is 1530. The van der Waals surface area contributed by atoms with Crippen LogP contribution < -0.4 is 15.0 Å². The van der Waals surface area contributed by atoms with Gasteiger partial charge in [-0.05, 0) is 38.0 Å². The molecule has 0 unspecified atom stereocenters. The van der Waals surface area contributed by atoms with Crippen molar-refractivity contribution >= 4 is 39.7 Å². The molecule has 0 amide bonds. The normalized spacial score (nSPS) is 16.4. The predicted molar refractivity (Wildman–Crippen MR) is 141 cm³/mol. The van der Waals surface area contributed by atoms with E-state index >= 15 is 0 Å². The summed E-state index contributed by atoms with van der Waals surface area (Å²) in [5.41, 5.74) is 4.71. The number of esters is 1. The van der Waals surface area contributed by atoms with Crippen molar-refractivity contribution in [3.63, 3.8) is 0 Å². The second-order valence-electron chi connectivity index (χ2n) is 9.32. The van der Waals surface area contributed by atoms with Crippen LogP contribution in [0.3, 0.4) is 0 Å². The zero-order valence-corrected chi connectivity index (χ0v) is 20.7.